The molecule has 22 heavy (non-hydrogen) atoms. The third-order valence-corrected chi connectivity index (χ3v) is 4.99. The molecule has 0 heterocycles. The van der Waals surface area contributed by atoms with Crippen LogP contribution in [-0.4, -0.2) is 15.5 Å². The van der Waals surface area contributed by atoms with Crippen LogP contribution in [0.4, 0.5) is 13.2 Å². The minimum absolute atomic E-state index is 0.188. The van der Waals surface area contributed by atoms with E-state index in [-0.39, 0.29) is 11.1 Å². The summed E-state index contributed by atoms with van der Waals surface area (Å²) in [6.45, 7) is 0. The van der Waals surface area contributed by atoms with Crippen molar-refractivity contribution in [2.45, 2.75) is 11.1 Å². The summed E-state index contributed by atoms with van der Waals surface area (Å²) in [5, 5.41) is -0.463. The number of sulfonamides is 1. The molecule has 0 saturated heterocycles. The Balaban J connectivity index is 2.85. The lowest BCUT2D eigenvalue weighted by Crippen LogP contribution is -2.20. The Hall–Kier alpha value is -1.57. The smallest absolute Gasteiger partial charge is 0.214 e. The highest BCUT2D eigenvalue weighted by molar-refractivity contribution is 7.89. The monoisotopic (exact) mass is 349 g/mol. The summed E-state index contributed by atoms with van der Waals surface area (Å²) in [7, 11) is -2.81. The summed E-state index contributed by atoms with van der Waals surface area (Å²) in [6, 6.07) is 9.18. The molecule has 1 N–H and O–H groups in total. The van der Waals surface area contributed by atoms with E-state index in [1.165, 1.54) is 12.1 Å². The summed E-state index contributed by atoms with van der Waals surface area (Å²) >= 11 is 6.00. The molecular formula is C14H11ClF3NO2S. The van der Waals surface area contributed by atoms with E-state index in [1.807, 2.05) is 4.72 Å². The van der Waals surface area contributed by atoms with Gasteiger partial charge in [0.25, 0.3) is 0 Å². The number of benzene rings is 2. The van der Waals surface area contributed by atoms with Crippen molar-refractivity contribution in [2.24, 2.45) is 0 Å². The van der Waals surface area contributed by atoms with Crippen molar-refractivity contribution in [3.05, 3.63) is 53.1 Å². The molecule has 2 rings (SSSR count). The maximum absolute atomic E-state index is 13.2. The third kappa shape index (κ3) is 3.11. The van der Waals surface area contributed by atoms with Crippen molar-refractivity contribution < 1.29 is 21.6 Å². The Morgan fingerprint density at radius 1 is 1.05 bits per heavy atom. The van der Waals surface area contributed by atoms with Crippen LogP contribution in [0.2, 0.25) is 5.02 Å². The molecule has 0 atom stereocenters. The lowest BCUT2D eigenvalue weighted by Gasteiger charge is -2.17. The fraction of sp³-hybridized carbons (Fsp3) is 0.143. The van der Waals surface area contributed by atoms with Gasteiger partial charge in [-0.1, -0.05) is 41.9 Å². The van der Waals surface area contributed by atoms with Gasteiger partial charge in [0.15, 0.2) is 0 Å². The molecular weight excluding hydrogens is 339 g/mol. The zero-order valence-electron chi connectivity index (χ0n) is 11.3. The lowest BCUT2D eigenvalue weighted by molar-refractivity contribution is -0.137. The van der Waals surface area contributed by atoms with Crippen LogP contribution in [0.15, 0.2) is 47.4 Å². The Labute approximate surface area is 130 Å². The van der Waals surface area contributed by atoms with Crippen LogP contribution in [0, 0.1) is 0 Å². The van der Waals surface area contributed by atoms with E-state index in [1.54, 1.807) is 18.2 Å². The number of alkyl halides is 3. The first-order chi connectivity index (χ1) is 10.2. The van der Waals surface area contributed by atoms with Crippen LogP contribution >= 0.6 is 11.6 Å². The molecule has 8 heteroatoms. The Morgan fingerprint density at radius 2 is 1.64 bits per heavy atom. The van der Waals surface area contributed by atoms with Crippen LogP contribution in [0.5, 0.6) is 0 Å². The maximum Gasteiger partial charge on any atom is 0.417 e. The van der Waals surface area contributed by atoms with Gasteiger partial charge in [-0.25, -0.2) is 13.1 Å². The molecule has 0 aliphatic rings. The summed E-state index contributed by atoms with van der Waals surface area (Å²) in [4.78, 5) is -0.400. The third-order valence-electron chi connectivity index (χ3n) is 3.03. The van der Waals surface area contributed by atoms with Gasteiger partial charge in [-0.05, 0) is 24.7 Å². The minimum Gasteiger partial charge on any atom is -0.214 e. The van der Waals surface area contributed by atoms with Gasteiger partial charge < -0.3 is 0 Å². The number of nitrogens with one attached hydrogen (secondary N) is 1. The largest absolute Gasteiger partial charge is 0.417 e. The summed E-state index contributed by atoms with van der Waals surface area (Å²) < 4.78 is 65.4. The standard InChI is InChI=1S/C14H11ClF3NO2S/c1-19-22(20,21)11-8-7-10(14(16,17)18)12(13(11)15)9-5-3-2-4-6-9/h2-8,19H,1H3. The first-order valence-electron chi connectivity index (χ1n) is 6.07. The molecule has 2 aromatic carbocycles. The molecule has 0 aliphatic heterocycles. The van der Waals surface area contributed by atoms with Gasteiger partial charge >= 0.3 is 6.18 Å². The van der Waals surface area contributed by atoms with Crippen molar-refractivity contribution >= 4 is 21.6 Å². The predicted molar refractivity (Wildman–Crippen MR) is 78.1 cm³/mol. The van der Waals surface area contributed by atoms with E-state index in [9.17, 15) is 21.6 Å². The number of halogens is 4. The second-order valence-corrected chi connectivity index (χ2v) is 6.60. The quantitative estimate of drug-likeness (QED) is 0.912. The van der Waals surface area contributed by atoms with Crippen LogP contribution < -0.4 is 4.72 Å². The van der Waals surface area contributed by atoms with E-state index in [0.717, 1.165) is 19.2 Å². The van der Waals surface area contributed by atoms with Crippen LogP contribution in [0.1, 0.15) is 5.56 Å². The fourth-order valence-corrected chi connectivity index (χ4v) is 3.38. The normalized spacial score (nSPS) is 12.4. The van der Waals surface area contributed by atoms with Gasteiger partial charge in [0.2, 0.25) is 10.0 Å². The second-order valence-electron chi connectivity index (χ2n) is 4.37. The Morgan fingerprint density at radius 3 is 2.14 bits per heavy atom. The van der Waals surface area contributed by atoms with E-state index in [2.05, 4.69) is 0 Å². The van der Waals surface area contributed by atoms with Crippen molar-refractivity contribution in [1.82, 2.24) is 4.72 Å². The zero-order valence-corrected chi connectivity index (χ0v) is 12.9. The Kier molecular flexibility index (Phi) is 4.51. The van der Waals surface area contributed by atoms with Crippen molar-refractivity contribution in [3.63, 3.8) is 0 Å². The van der Waals surface area contributed by atoms with E-state index in [0.29, 0.717) is 0 Å². The van der Waals surface area contributed by atoms with Gasteiger partial charge in [-0.3, -0.25) is 0 Å². The summed E-state index contributed by atoms with van der Waals surface area (Å²) in [5.74, 6) is 0. The highest BCUT2D eigenvalue weighted by Crippen LogP contribution is 2.43. The molecule has 118 valence electrons. The average Bonchev–Trinajstić information content (AvgIpc) is 2.46. The van der Waals surface area contributed by atoms with Crippen LogP contribution in [0.3, 0.4) is 0 Å². The predicted octanol–water partition coefficient (Wildman–Crippen LogP) is 3.93. The highest BCUT2D eigenvalue weighted by Gasteiger charge is 2.36. The van der Waals surface area contributed by atoms with E-state index >= 15 is 0 Å². The summed E-state index contributed by atoms with van der Waals surface area (Å²) in [6.07, 6.45) is -4.66. The first-order valence-corrected chi connectivity index (χ1v) is 7.93. The van der Waals surface area contributed by atoms with Crippen LogP contribution in [-0.2, 0) is 16.2 Å². The molecule has 0 bridgehead atoms. The Bertz CT molecular complexity index is 790. The number of hydrogen-bond acceptors (Lipinski definition) is 2. The van der Waals surface area contributed by atoms with E-state index in [4.69, 9.17) is 11.6 Å². The maximum atomic E-state index is 13.2. The molecule has 0 saturated carbocycles. The topological polar surface area (TPSA) is 46.2 Å². The molecule has 3 nitrogen and oxygen atoms in total. The minimum atomic E-state index is -4.66. The summed E-state index contributed by atoms with van der Waals surface area (Å²) in [5.41, 5.74) is -1.15. The lowest BCUT2D eigenvalue weighted by atomic mass is 9.99. The van der Waals surface area contributed by atoms with Crippen molar-refractivity contribution in [1.29, 1.82) is 0 Å². The first kappa shape index (κ1) is 16.8. The van der Waals surface area contributed by atoms with Gasteiger partial charge in [-0.2, -0.15) is 13.2 Å². The SMILES string of the molecule is CNS(=O)(=O)c1ccc(C(F)(F)F)c(-c2ccccc2)c1Cl. The molecule has 0 fully saturated rings. The molecule has 2 aromatic rings. The number of hydrogen-bond donors (Lipinski definition) is 1. The second kappa shape index (κ2) is 5.91. The molecule has 0 amide bonds. The highest BCUT2D eigenvalue weighted by atomic mass is 35.5. The van der Waals surface area contributed by atoms with Gasteiger partial charge in [-0.15, -0.1) is 0 Å². The van der Waals surface area contributed by atoms with Gasteiger partial charge in [0, 0.05) is 5.56 Å². The van der Waals surface area contributed by atoms with Gasteiger partial charge in [0.05, 0.1) is 10.6 Å². The van der Waals surface area contributed by atoms with E-state index < -0.39 is 31.7 Å². The van der Waals surface area contributed by atoms with Crippen molar-refractivity contribution in [2.75, 3.05) is 7.05 Å². The van der Waals surface area contributed by atoms with Crippen molar-refractivity contribution in [3.8, 4) is 11.1 Å². The molecule has 0 spiro atoms. The molecule has 0 aromatic heterocycles. The van der Waals surface area contributed by atoms with Gasteiger partial charge in [0.1, 0.15) is 4.90 Å². The fourth-order valence-electron chi connectivity index (χ4n) is 2.00. The molecule has 0 aliphatic carbocycles. The number of rotatable bonds is 3. The molecule has 0 unspecified atom stereocenters. The average molecular weight is 350 g/mol. The zero-order chi connectivity index (χ0) is 16.5. The molecule has 0 radical (unpaired) electrons. The van der Waals surface area contributed by atoms with Crippen LogP contribution in [0.25, 0.3) is 11.1 Å².